The van der Waals surface area contributed by atoms with Gasteiger partial charge in [-0.3, -0.25) is 4.21 Å². The van der Waals surface area contributed by atoms with Crippen molar-refractivity contribution in [3.8, 4) is 0 Å². The van der Waals surface area contributed by atoms with E-state index in [1.165, 1.54) is 0 Å². The lowest BCUT2D eigenvalue weighted by Gasteiger charge is -2.29. The predicted octanol–water partition coefficient (Wildman–Crippen LogP) is 1.65. The van der Waals surface area contributed by atoms with E-state index in [2.05, 4.69) is 10.2 Å². The summed E-state index contributed by atoms with van der Waals surface area (Å²) in [6.45, 7) is 3.80. The number of para-hydroxylation sites is 2. The minimum Gasteiger partial charge on any atom is -0.378 e. The van der Waals surface area contributed by atoms with E-state index in [9.17, 15) is 4.21 Å². The number of hydrogen-bond donors (Lipinski definition) is 1. The first kappa shape index (κ1) is 16.1. The number of morpholine rings is 1. The molecule has 3 rings (SSSR count). The van der Waals surface area contributed by atoms with Crippen molar-refractivity contribution in [2.24, 2.45) is 0 Å². The third-order valence-corrected chi connectivity index (χ3v) is 4.63. The van der Waals surface area contributed by atoms with Crippen LogP contribution in [0, 0.1) is 0 Å². The van der Waals surface area contributed by atoms with Gasteiger partial charge >= 0.3 is 0 Å². The Kier molecular flexibility index (Phi) is 5.40. The van der Waals surface area contributed by atoms with Crippen LogP contribution in [0.4, 0.5) is 11.6 Å². The number of nitrogens with zero attached hydrogens (tertiary/aromatic N) is 3. The second-order valence-electron chi connectivity index (χ2n) is 5.54. The van der Waals surface area contributed by atoms with Crippen LogP contribution in [0.2, 0.25) is 0 Å². The minimum absolute atomic E-state index is 0.695. The van der Waals surface area contributed by atoms with Gasteiger partial charge in [0.05, 0.1) is 24.2 Å². The van der Waals surface area contributed by atoms with E-state index in [-0.39, 0.29) is 0 Å². The van der Waals surface area contributed by atoms with Crippen LogP contribution in [0.5, 0.6) is 0 Å². The molecular formula is C16H22N4O2S. The molecule has 1 aromatic heterocycles. The molecule has 0 bridgehead atoms. The molecule has 6 nitrogen and oxygen atoms in total. The summed E-state index contributed by atoms with van der Waals surface area (Å²) in [5.74, 6) is 2.37. The average molecular weight is 334 g/mol. The van der Waals surface area contributed by atoms with Crippen molar-refractivity contribution in [3.63, 3.8) is 0 Å². The molecule has 1 aliphatic rings. The van der Waals surface area contributed by atoms with Gasteiger partial charge < -0.3 is 15.0 Å². The van der Waals surface area contributed by atoms with Gasteiger partial charge in [-0.25, -0.2) is 9.97 Å². The standard InChI is InChI=1S/C16H22N4O2S/c1-23(21)12-4-7-17-15-16(20-8-10-22-11-9-20)19-14-6-3-2-5-13(14)18-15/h2-3,5-6H,4,7-12H2,1H3,(H,17,18)/t23-/m0/s1. The van der Waals surface area contributed by atoms with E-state index >= 15 is 0 Å². The zero-order chi connectivity index (χ0) is 16.1. The molecule has 2 heterocycles. The fourth-order valence-electron chi connectivity index (χ4n) is 2.59. The largest absolute Gasteiger partial charge is 0.378 e. The maximum Gasteiger partial charge on any atom is 0.172 e. The molecule has 23 heavy (non-hydrogen) atoms. The van der Waals surface area contributed by atoms with Crippen LogP contribution >= 0.6 is 0 Å². The van der Waals surface area contributed by atoms with Gasteiger partial charge in [-0.15, -0.1) is 0 Å². The number of fused-ring (bicyclic) bond motifs is 1. The molecular weight excluding hydrogens is 312 g/mol. The van der Waals surface area contributed by atoms with Gasteiger partial charge in [0.1, 0.15) is 0 Å². The summed E-state index contributed by atoms with van der Waals surface area (Å²) in [6.07, 6.45) is 2.58. The Bertz CT molecular complexity index is 689. The Morgan fingerprint density at radius 2 is 1.91 bits per heavy atom. The number of ether oxygens (including phenoxy) is 1. The van der Waals surface area contributed by atoms with Gasteiger partial charge in [-0.05, 0) is 18.6 Å². The molecule has 0 unspecified atom stereocenters. The number of anilines is 2. The highest BCUT2D eigenvalue weighted by Crippen LogP contribution is 2.25. The van der Waals surface area contributed by atoms with Gasteiger partial charge in [0, 0.05) is 42.4 Å². The van der Waals surface area contributed by atoms with Gasteiger partial charge in [0.2, 0.25) is 0 Å². The second-order valence-corrected chi connectivity index (χ2v) is 7.10. The molecule has 0 saturated carbocycles. The van der Waals surface area contributed by atoms with Gasteiger partial charge in [0.25, 0.3) is 0 Å². The molecule has 1 N–H and O–H groups in total. The smallest absolute Gasteiger partial charge is 0.172 e. The fraction of sp³-hybridized carbons (Fsp3) is 0.500. The Labute approximate surface area is 138 Å². The number of aromatic nitrogens is 2. The SMILES string of the molecule is C[S@](=O)CCCNc1nc2ccccc2nc1N1CCOCC1. The Morgan fingerprint density at radius 1 is 1.22 bits per heavy atom. The minimum atomic E-state index is -0.758. The van der Waals surface area contributed by atoms with Crippen LogP contribution < -0.4 is 10.2 Å². The molecule has 0 aliphatic carbocycles. The van der Waals surface area contributed by atoms with E-state index in [4.69, 9.17) is 14.7 Å². The topological polar surface area (TPSA) is 67.4 Å². The molecule has 2 aromatic rings. The number of benzene rings is 1. The third-order valence-electron chi connectivity index (χ3n) is 3.76. The van der Waals surface area contributed by atoms with Crippen LogP contribution in [0.1, 0.15) is 6.42 Å². The lowest BCUT2D eigenvalue weighted by molar-refractivity contribution is 0.122. The lowest BCUT2D eigenvalue weighted by atomic mass is 10.3. The third kappa shape index (κ3) is 4.17. The van der Waals surface area contributed by atoms with Gasteiger partial charge in [0.15, 0.2) is 11.6 Å². The van der Waals surface area contributed by atoms with Crippen LogP contribution in [0.15, 0.2) is 24.3 Å². The second kappa shape index (κ2) is 7.70. The lowest BCUT2D eigenvalue weighted by Crippen LogP contribution is -2.37. The van der Waals surface area contributed by atoms with E-state index in [0.717, 1.165) is 48.7 Å². The molecule has 1 aliphatic heterocycles. The van der Waals surface area contributed by atoms with Crippen molar-refractivity contribution in [1.82, 2.24) is 9.97 Å². The predicted molar refractivity (Wildman–Crippen MR) is 94.6 cm³/mol. The van der Waals surface area contributed by atoms with Crippen LogP contribution in [0.3, 0.4) is 0 Å². The summed E-state index contributed by atoms with van der Waals surface area (Å²) in [6, 6.07) is 7.90. The summed E-state index contributed by atoms with van der Waals surface area (Å²) in [4.78, 5) is 11.7. The van der Waals surface area contributed by atoms with E-state index < -0.39 is 10.8 Å². The highest BCUT2D eigenvalue weighted by Gasteiger charge is 2.18. The summed E-state index contributed by atoms with van der Waals surface area (Å²) in [5.41, 5.74) is 1.78. The normalized spacial score (nSPS) is 16.5. The molecule has 1 aromatic carbocycles. The van der Waals surface area contributed by atoms with E-state index in [0.29, 0.717) is 19.0 Å². The summed E-state index contributed by atoms with van der Waals surface area (Å²) in [7, 11) is -0.758. The van der Waals surface area contributed by atoms with E-state index in [1.54, 1.807) is 6.26 Å². The van der Waals surface area contributed by atoms with Crippen LogP contribution in [0.25, 0.3) is 11.0 Å². The first-order chi connectivity index (χ1) is 11.2. The monoisotopic (exact) mass is 334 g/mol. The first-order valence-electron chi connectivity index (χ1n) is 7.87. The number of hydrogen-bond acceptors (Lipinski definition) is 6. The van der Waals surface area contributed by atoms with E-state index in [1.807, 2.05) is 24.3 Å². The van der Waals surface area contributed by atoms with Crippen molar-refractivity contribution in [1.29, 1.82) is 0 Å². The van der Waals surface area contributed by atoms with Crippen molar-refractivity contribution in [2.75, 3.05) is 55.1 Å². The summed E-state index contributed by atoms with van der Waals surface area (Å²) < 4.78 is 16.6. The Hall–Kier alpha value is -1.73. The first-order valence-corrected chi connectivity index (χ1v) is 9.60. The Morgan fingerprint density at radius 3 is 2.61 bits per heavy atom. The van der Waals surface area contributed by atoms with Crippen molar-refractivity contribution >= 4 is 33.5 Å². The van der Waals surface area contributed by atoms with Gasteiger partial charge in [-0.2, -0.15) is 0 Å². The molecule has 0 amide bonds. The molecule has 0 spiro atoms. The number of nitrogens with one attached hydrogen (secondary N) is 1. The highest BCUT2D eigenvalue weighted by atomic mass is 32.2. The van der Waals surface area contributed by atoms with Crippen molar-refractivity contribution in [2.45, 2.75) is 6.42 Å². The molecule has 124 valence electrons. The summed E-state index contributed by atoms with van der Waals surface area (Å²) >= 11 is 0. The van der Waals surface area contributed by atoms with Crippen LogP contribution in [-0.2, 0) is 15.5 Å². The summed E-state index contributed by atoms with van der Waals surface area (Å²) in [5, 5.41) is 3.37. The zero-order valence-electron chi connectivity index (χ0n) is 13.3. The number of rotatable bonds is 6. The Balaban J connectivity index is 1.84. The van der Waals surface area contributed by atoms with Gasteiger partial charge in [-0.1, -0.05) is 12.1 Å². The fourth-order valence-corrected chi connectivity index (χ4v) is 3.14. The maximum atomic E-state index is 11.2. The van der Waals surface area contributed by atoms with Crippen molar-refractivity contribution < 1.29 is 8.95 Å². The molecule has 1 atom stereocenters. The van der Waals surface area contributed by atoms with Crippen molar-refractivity contribution in [3.05, 3.63) is 24.3 Å². The molecule has 1 fully saturated rings. The average Bonchev–Trinajstić information content (AvgIpc) is 2.58. The molecule has 0 radical (unpaired) electrons. The molecule has 7 heteroatoms. The highest BCUT2D eigenvalue weighted by molar-refractivity contribution is 7.84. The maximum absolute atomic E-state index is 11.2. The zero-order valence-corrected chi connectivity index (χ0v) is 14.1. The molecule has 1 saturated heterocycles. The van der Waals surface area contributed by atoms with Crippen LogP contribution in [-0.4, -0.2) is 59.0 Å². The quantitative estimate of drug-likeness (QED) is 0.810.